The molecule has 0 aromatic carbocycles. The second-order valence-electron chi connectivity index (χ2n) is 1.54. The van der Waals surface area contributed by atoms with Gasteiger partial charge in [-0.1, -0.05) is 6.92 Å². The summed E-state index contributed by atoms with van der Waals surface area (Å²) in [4.78, 5) is 0. The van der Waals surface area contributed by atoms with E-state index in [2.05, 4.69) is 0 Å². The molecule has 0 saturated carbocycles. The fourth-order valence-corrected chi connectivity index (χ4v) is 1.76. The van der Waals surface area contributed by atoms with E-state index in [1.54, 1.807) is 0 Å². The van der Waals surface area contributed by atoms with Crippen molar-refractivity contribution in [1.82, 2.24) is 0 Å². The number of alkyl halides is 1. The summed E-state index contributed by atoms with van der Waals surface area (Å²) in [5.74, 6) is 1.97. The molecule has 0 amide bonds. The molecule has 8 heavy (non-hydrogen) atoms. The third kappa shape index (κ3) is 4.60. The first-order valence-corrected chi connectivity index (χ1v) is 4.74. The standard InChI is InChI=1S/C5H11ClOS/c1-2-4-8(7)5-3-6/h2-5H2,1H3. The Morgan fingerprint density at radius 1 is 1.50 bits per heavy atom. The van der Waals surface area contributed by atoms with E-state index < -0.39 is 10.8 Å². The van der Waals surface area contributed by atoms with Crippen molar-refractivity contribution in [2.45, 2.75) is 13.3 Å². The quantitative estimate of drug-likeness (QED) is 0.560. The normalized spacial score (nSPS) is 13.8. The summed E-state index contributed by atoms with van der Waals surface area (Å²) in [5, 5.41) is 0. The van der Waals surface area contributed by atoms with Gasteiger partial charge in [-0.3, -0.25) is 4.21 Å². The van der Waals surface area contributed by atoms with Crippen molar-refractivity contribution in [3.63, 3.8) is 0 Å². The van der Waals surface area contributed by atoms with E-state index in [0.717, 1.165) is 12.2 Å². The van der Waals surface area contributed by atoms with E-state index in [1.807, 2.05) is 6.92 Å². The summed E-state index contributed by atoms with van der Waals surface area (Å²) in [5.41, 5.74) is 0. The average molecular weight is 155 g/mol. The summed E-state index contributed by atoms with van der Waals surface area (Å²) < 4.78 is 10.7. The fraction of sp³-hybridized carbons (Fsp3) is 1.00. The third-order valence-electron chi connectivity index (χ3n) is 0.737. The van der Waals surface area contributed by atoms with Crippen molar-refractivity contribution in [3.05, 3.63) is 0 Å². The van der Waals surface area contributed by atoms with Gasteiger partial charge >= 0.3 is 0 Å². The summed E-state index contributed by atoms with van der Waals surface area (Å²) >= 11 is 5.34. The van der Waals surface area contributed by atoms with Crippen molar-refractivity contribution in [3.8, 4) is 0 Å². The van der Waals surface area contributed by atoms with Crippen LogP contribution in [-0.4, -0.2) is 21.6 Å². The minimum Gasteiger partial charge on any atom is -0.260 e. The van der Waals surface area contributed by atoms with E-state index in [-0.39, 0.29) is 0 Å². The molecule has 0 bridgehead atoms. The van der Waals surface area contributed by atoms with Crippen LogP contribution in [0.5, 0.6) is 0 Å². The van der Waals surface area contributed by atoms with Gasteiger partial charge in [0, 0.05) is 28.2 Å². The highest BCUT2D eigenvalue weighted by Gasteiger charge is 1.93. The van der Waals surface area contributed by atoms with Gasteiger partial charge in [-0.15, -0.1) is 11.6 Å². The van der Waals surface area contributed by atoms with Gasteiger partial charge in [-0.2, -0.15) is 0 Å². The molecule has 0 aliphatic rings. The molecule has 3 heteroatoms. The molecule has 50 valence electrons. The van der Waals surface area contributed by atoms with Crippen LogP contribution in [0.4, 0.5) is 0 Å². The van der Waals surface area contributed by atoms with Crippen LogP contribution in [-0.2, 0) is 10.8 Å². The molecule has 0 aliphatic heterocycles. The lowest BCUT2D eigenvalue weighted by Gasteiger charge is -1.92. The predicted molar refractivity (Wildman–Crippen MR) is 38.9 cm³/mol. The second-order valence-corrected chi connectivity index (χ2v) is 3.61. The van der Waals surface area contributed by atoms with E-state index in [1.165, 1.54) is 0 Å². The Kier molecular flexibility index (Phi) is 5.88. The van der Waals surface area contributed by atoms with Gasteiger partial charge in [0.15, 0.2) is 0 Å². The van der Waals surface area contributed by atoms with E-state index >= 15 is 0 Å². The van der Waals surface area contributed by atoms with Gasteiger partial charge in [-0.25, -0.2) is 0 Å². The van der Waals surface area contributed by atoms with Crippen LogP contribution in [0.15, 0.2) is 0 Å². The SMILES string of the molecule is CCCS(=O)CCCl. The molecule has 1 nitrogen and oxygen atoms in total. The van der Waals surface area contributed by atoms with Crippen molar-refractivity contribution in [2.24, 2.45) is 0 Å². The molecular formula is C5H11ClOS. The maximum Gasteiger partial charge on any atom is 0.0370 e. The van der Waals surface area contributed by atoms with Crippen LogP contribution in [0.2, 0.25) is 0 Å². The first-order valence-electron chi connectivity index (χ1n) is 2.72. The zero-order valence-electron chi connectivity index (χ0n) is 5.02. The molecule has 0 heterocycles. The van der Waals surface area contributed by atoms with Crippen LogP contribution in [0, 0.1) is 0 Å². The topological polar surface area (TPSA) is 17.1 Å². The molecule has 0 aliphatic carbocycles. The second kappa shape index (κ2) is 5.57. The Labute approximate surface area is 57.9 Å². The Balaban J connectivity index is 3.06. The number of hydrogen-bond donors (Lipinski definition) is 0. The van der Waals surface area contributed by atoms with E-state index in [0.29, 0.717) is 11.6 Å². The Morgan fingerprint density at radius 2 is 2.12 bits per heavy atom. The first-order chi connectivity index (χ1) is 3.81. The van der Waals surface area contributed by atoms with Crippen molar-refractivity contribution < 1.29 is 4.21 Å². The molecule has 0 radical (unpaired) electrons. The predicted octanol–water partition coefficient (Wildman–Crippen LogP) is 1.38. The largest absolute Gasteiger partial charge is 0.260 e. The summed E-state index contributed by atoms with van der Waals surface area (Å²) in [7, 11) is -0.652. The summed E-state index contributed by atoms with van der Waals surface area (Å²) in [6.45, 7) is 2.02. The Morgan fingerprint density at radius 3 is 2.50 bits per heavy atom. The minimum absolute atomic E-state index is 0.520. The molecule has 1 unspecified atom stereocenters. The van der Waals surface area contributed by atoms with Crippen molar-refractivity contribution >= 4 is 22.4 Å². The number of halogens is 1. The summed E-state index contributed by atoms with van der Waals surface area (Å²) in [6.07, 6.45) is 0.990. The van der Waals surface area contributed by atoms with Crippen molar-refractivity contribution in [1.29, 1.82) is 0 Å². The average Bonchev–Trinajstić information content (AvgIpc) is 1.68. The molecular weight excluding hydrogens is 144 g/mol. The fourth-order valence-electron chi connectivity index (χ4n) is 0.416. The maximum absolute atomic E-state index is 10.7. The molecule has 0 N–H and O–H groups in total. The van der Waals surface area contributed by atoms with Crippen LogP contribution < -0.4 is 0 Å². The Bertz CT molecular complexity index is 66.8. The number of rotatable bonds is 4. The zero-order valence-corrected chi connectivity index (χ0v) is 6.60. The highest BCUT2D eigenvalue weighted by molar-refractivity contribution is 7.85. The monoisotopic (exact) mass is 154 g/mol. The first kappa shape index (κ1) is 8.44. The molecule has 1 atom stereocenters. The van der Waals surface area contributed by atoms with Crippen molar-refractivity contribution in [2.75, 3.05) is 17.4 Å². The zero-order chi connectivity index (χ0) is 6.41. The van der Waals surface area contributed by atoms with Crippen LogP contribution >= 0.6 is 11.6 Å². The van der Waals surface area contributed by atoms with Gasteiger partial charge in [0.2, 0.25) is 0 Å². The van der Waals surface area contributed by atoms with E-state index in [9.17, 15) is 4.21 Å². The van der Waals surface area contributed by atoms with Crippen LogP contribution in [0.25, 0.3) is 0 Å². The molecule has 0 saturated heterocycles. The van der Waals surface area contributed by atoms with Gasteiger partial charge in [0.25, 0.3) is 0 Å². The molecule has 0 spiro atoms. The Hall–Kier alpha value is 0.440. The molecule has 0 rings (SSSR count). The van der Waals surface area contributed by atoms with E-state index in [4.69, 9.17) is 11.6 Å². The smallest absolute Gasteiger partial charge is 0.0370 e. The van der Waals surface area contributed by atoms with Gasteiger partial charge in [0.05, 0.1) is 0 Å². The molecule has 0 fully saturated rings. The van der Waals surface area contributed by atoms with Gasteiger partial charge in [0.1, 0.15) is 0 Å². The highest BCUT2D eigenvalue weighted by Crippen LogP contribution is 1.87. The molecule has 0 aromatic rings. The highest BCUT2D eigenvalue weighted by atomic mass is 35.5. The minimum atomic E-state index is -0.652. The van der Waals surface area contributed by atoms with Crippen LogP contribution in [0.3, 0.4) is 0 Å². The third-order valence-corrected chi connectivity index (χ3v) is 2.67. The number of hydrogen-bond acceptors (Lipinski definition) is 1. The van der Waals surface area contributed by atoms with Gasteiger partial charge in [-0.05, 0) is 6.42 Å². The molecule has 0 aromatic heterocycles. The maximum atomic E-state index is 10.7. The van der Waals surface area contributed by atoms with Gasteiger partial charge < -0.3 is 0 Å². The lowest BCUT2D eigenvalue weighted by atomic mass is 10.6. The lowest BCUT2D eigenvalue weighted by Crippen LogP contribution is -2.01. The summed E-state index contributed by atoms with van der Waals surface area (Å²) in [6, 6.07) is 0. The lowest BCUT2D eigenvalue weighted by molar-refractivity contribution is 0.682. The van der Waals surface area contributed by atoms with Crippen LogP contribution in [0.1, 0.15) is 13.3 Å².